The molecular formula is C18H27IN4O3S. The van der Waals surface area contributed by atoms with Gasteiger partial charge in [0.05, 0.1) is 26.3 Å². The molecule has 0 fully saturated rings. The summed E-state index contributed by atoms with van der Waals surface area (Å²) in [4.78, 5) is 9.84. The van der Waals surface area contributed by atoms with Gasteiger partial charge in [0.1, 0.15) is 5.75 Å². The van der Waals surface area contributed by atoms with Crippen molar-refractivity contribution in [1.82, 2.24) is 15.6 Å². The van der Waals surface area contributed by atoms with Gasteiger partial charge in [0.15, 0.2) is 17.5 Å². The van der Waals surface area contributed by atoms with Gasteiger partial charge in [0.2, 0.25) is 0 Å². The Morgan fingerprint density at radius 1 is 1.07 bits per heavy atom. The SMILES string of the molecule is CN=C(NCCc1ncc(C)s1)NCc1cc(OC)c(OC)cc1OC.I. The molecule has 2 aromatic rings. The summed E-state index contributed by atoms with van der Waals surface area (Å²) in [7, 11) is 6.59. The summed E-state index contributed by atoms with van der Waals surface area (Å²) in [5.74, 6) is 2.74. The fourth-order valence-corrected chi connectivity index (χ4v) is 3.22. The maximum Gasteiger partial charge on any atom is 0.191 e. The number of guanidine groups is 1. The van der Waals surface area contributed by atoms with Crippen LogP contribution in [0.1, 0.15) is 15.4 Å². The van der Waals surface area contributed by atoms with Gasteiger partial charge >= 0.3 is 0 Å². The van der Waals surface area contributed by atoms with E-state index in [0.717, 1.165) is 35.2 Å². The Balaban J connectivity index is 0.00000364. The third-order valence-corrected chi connectivity index (χ3v) is 4.73. The van der Waals surface area contributed by atoms with Crippen molar-refractivity contribution >= 4 is 41.3 Å². The number of halogens is 1. The smallest absolute Gasteiger partial charge is 0.191 e. The number of aliphatic imine (C=N–C) groups is 1. The largest absolute Gasteiger partial charge is 0.496 e. The quantitative estimate of drug-likeness (QED) is 0.326. The molecule has 0 spiro atoms. The van der Waals surface area contributed by atoms with Crippen LogP contribution in [0.3, 0.4) is 0 Å². The third-order valence-electron chi connectivity index (χ3n) is 3.76. The Morgan fingerprint density at radius 3 is 2.30 bits per heavy atom. The topological polar surface area (TPSA) is 77.0 Å². The fraction of sp³-hybridized carbons (Fsp3) is 0.444. The first-order valence-corrected chi connectivity index (χ1v) is 9.07. The summed E-state index contributed by atoms with van der Waals surface area (Å²) < 4.78 is 16.1. The van der Waals surface area contributed by atoms with Gasteiger partial charge in [-0.25, -0.2) is 4.98 Å². The highest BCUT2D eigenvalue weighted by atomic mass is 127. The number of nitrogens with zero attached hydrogens (tertiary/aromatic N) is 2. The number of aromatic nitrogens is 1. The van der Waals surface area contributed by atoms with Crippen molar-refractivity contribution in [2.75, 3.05) is 34.9 Å². The number of nitrogens with one attached hydrogen (secondary N) is 2. The van der Waals surface area contributed by atoms with E-state index in [-0.39, 0.29) is 24.0 Å². The summed E-state index contributed by atoms with van der Waals surface area (Å²) in [5, 5.41) is 7.70. The number of methoxy groups -OCH3 is 3. The van der Waals surface area contributed by atoms with Crippen molar-refractivity contribution in [3.63, 3.8) is 0 Å². The van der Waals surface area contributed by atoms with Gasteiger partial charge in [0.25, 0.3) is 0 Å². The molecule has 1 aromatic carbocycles. The van der Waals surface area contributed by atoms with Crippen molar-refractivity contribution in [2.24, 2.45) is 4.99 Å². The molecular weight excluding hydrogens is 479 g/mol. The predicted molar refractivity (Wildman–Crippen MR) is 120 cm³/mol. The van der Waals surface area contributed by atoms with Gasteiger partial charge in [-0.2, -0.15) is 0 Å². The van der Waals surface area contributed by atoms with Crippen LogP contribution in [0, 0.1) is 6.92 Å². The molecule has 7 nitrogen and oxygen atoms in total. The van der Waals surface area contributed by atoms with E-state index in [1.807, 2.05) is 18.3 Å². The molecule has 0 aliphatic carbocycles. The lowest BCUT2D eigenvalue weighted by atomic mass is 10.1. The van der Waals surface area contributed by atoms with E-state index in [4.69, 9.17) is 14.2 Å². The maximum absolute atomic E-state index is 5.45. The number of benzene rings is 1. The molecule has 150 valence electrons. The normalized spacial score (nSPS) is 10.8. The van der Waals surface area contributed by atoms with Crippen LogP contribution in [0.4, 0.5) is 0 Å². The lowest BCUT2D eigenvalue weighted by Gasteiger charge is -2.16. The summed E-state index contributed by atoms with van der Waals surface area (Å²) >= 11 is 1.72. The van der Waals surface area contributed by atoms with Crippen LogP contribution in [0.15, 0.2) is 23.3 Å². The minimum absolute atomic E-state index is 0. The first-order valence-electron chi connectivity index (χ1n) is 8.26. The molecule has 9 heteroatoms. The van der Waals surface area contributed by atoms with Crippen molar-refractivity contribution in [1.29, 1.82) is 0 Å². The van der Waals surface area contributed by atoms with Crippen molar-refractivity contribution in [3.05, 3.63) is 33.8 Å². The van der Waals surface area contributed by atoms with Crippen molar-refractivity contribution in [3.8, 4) is 17.2 Å². The second-order valence-electron chi connectivity index (χ2n) is 5.49. The van der Waals surface area contributed by atoms with Crippen LogP contribution in [-0.2, 0) is 13.0 Å². The van der Waals surface area contributed by atoms with Gasteiger partial charge < -0.3 is 24.8 Å². The predicted octanol–water partition coefficient (Wildman–Crippen LogP) is 3.00. The van der Waals surface area contributed by atoms with E-state index < -0.39 is 0 Å². The molecule has 0 atom stereocenters. The zero-order valence-corrected chi connectivity index (χ0v) is 19.4. The molecule has 0 bridgehead atoms. The van der Waals surface area contributed by atoms with Gasteiger partial charge in [0, 0.05) is 49.3 Å². The number of rotatable bonds is 8. The van der Waals surface area contributed by atoms with Gasteiger partial charge in [-0.05, 0) is 13.0 Å². The highest BCUT2D eigenvalue weighted by Crippen LogP contribution is 2.34. The van der Waals surface area contributed by atoms with Crippen LogP contribution in [0.2, 0.25) is 0 Å². The summed E-state index contributed by atoms with van der Waals surface area (Å²) in [6.45, 7) is 3.36. The second-order valence-corrected chi connectivity index (χ2v) is 6.81. The van der Waals surface area contributed by atoms with Crippen LogP contribution >= 0.6 is 35.3 Å². The van der Waals surface area contributed by atoms with Gasteiger partial charge in [-0.3, -0.25) is 4.99 Å². The van der Waals surface area contributed by atoms with Crippen molar-refractivity contribution in [2.45, 2.75) is 19.9 Å². The summed E-state index contributed by atoms with van der Waals surface area (Å²) in [6, 6.07) is 3.72. The molecule has 1 aromatic heterocycles. The Kier molecular flexibility index (Phi) is 10.2. The van der Waals surface area contributed by atoms with E-state index in [1.54, 1.807) is 39.7 Å². The highest BCUT2D eigenvalue weighted by Gasteiger charge is 2.12. The molecule has 0 saturated heterocycles. The minimum Gasteiger partial charge on any atom is -0.496 e. The van der Waals surface area contributed by atoms with E-state index in [0.29, 0.717) is 18.0 Å². The molecule has 0 unspecified atom stereocenters. The molecule has 0 aliphatic rings. The number of thiazole rings is 1. The van der Waals surface area contributed by atoms with E-state index in [1.165, 1.54) is 4.88 Å². The number of hydrogen-bond acceptors (Lipinski definition) is 6. The standard InChI is InChI=1S/C18H26N4O3S.HI/c1-12-10-21-17(26-12)6-7-20-18(19-2)22-11-13-8-15(24-4)16(25-5)9-14(13)23-3;/h8-10H,6-7,11H2,1-5H3,(H2,19,20,22);1H. The van der Waals surface area contributed by atoms with E-state index in [2.05, 4.69) is 27.5 Å². The van der Waals surface area contributed by atoms with Crippen LogP contribution in [0.25, 0.3) is 0 Å². The molecule has 2 N–H and O–H groups in total. The molecule has 1 heterocycles. The van der Waals surface area contributed by atoms with E-state index >= 15 is 0 Å². The average Bonchev–Trinajstić information content (AvgIpc) is 3.08. The Hall–Kier alpha value is -1.75. The zero-order chi connectivity index (χ0) is 18.9. The van der Waals surface area contributed by atoms with Gasteiger partial charge in [-0.15, -0.1) is 35.3 Å². The number of hydrogen-bond donors (Lipinski definition) is 2. The molecule has 0 amide bonds. The Bertz CT molecular complexity index is 752. The van der Waals surface area contributed by atoms with Crippen LogP contribution in [0.5, 0.6) is 17.2 Å². The van der Waals surface area contributed by atoms with E-state index in [9.17, 15) is 0 Å². The monoisotopic (exact) mass is 506 g/mol. The van der Waals surface area contributed by atoms with Crippen LogP contribution in [-0.4, -0.2) is 45.9 Å². The zero-order valence-electron chi connectivity index (χ0n) is 16.3. The second kappa shape index (κ2) is 11.9. The summed E-state index contributed by atoms with van der Waals surface area (Å²) in [5.41, 5.74) is 0.948. The first-order chi connectivity index (χ1) is 12.6. The Morgan fingerprint density at radius 2 is 1.74 bits per heavy atom. The van der Waals surface area contributed by atoms with Crippen molar-refractivity contribution < 1.29 is 14.2 Å². The first kappa shape index (κ1) is 23.3. The number of aryl methyl sites for hydroxylation is 1. The molecule has 0 radical (unpaired) electrons. The van der Waals surface area contributed by atoms with Gasteiger partial charge in [-0.1, -0.05) is 0 Å². The summed E-state index contributed by atoms with van der Waals surface area (Å²) in [6.07, 6.45) is 2.76. The molecule has 0 aliphatic heterocycles. The number of ether oxygens (including phenoxy) is 3. The lowest BCUT2D eigenvalue weighted by molar-refractivity contribution is 0.347. The lowest BCUT2D eigenvalue weighted by Crippen LogP contribution is -2.37. The third kappa shape index (κ3) is 6.73. The minimum atomic E-state index is 0. The molecule has 2 rings (SSSR count). The fourth-order valence-electron chi connectivity index (χ4n) is 2.44. The molecule has 27 heavy (non-hydrogen) atoms. The highest BCUT2D eigenvalue weighted by molar-refractivity contribution is 14.0. The Labute approximate surface area is 181 Å². The maximum atomic E-state index is 5.45. The molecule has 0 saturated carbocycles. The van der Waals surface area contributed by atoms with Crippen LogP contribution < -0.4 is 24.8 Å². The average molecular weight is 506 g/mol.